The van der Waals surface area contributed by atoms with Crippen LogP contribution in [0, 0.1) is 17.6 Å². The first-order valence-electron chi connectivity index (χ1n) is 15.0. The van der Waals surface area contributed by atoms with Gasteiger partial charge in [-0.15, -0.1) is 0 Å². The van der Waals surface area contributed by atoms with Gasteiger partial charge in [0, 0.05) is 11.1 Å². The van der Waals surface area contributed by atoms with Crippen molar-refractivity contribution >= 4 is 11.9 Å². The fourth-order valence-electron chi connectivity index (χ4n) is 4.66. The number of rotatable bonds is 17. The van der Waals surface area contributed by atoms with Crippen molar-refractivity contribution in [1.29, 1.82) is 0 Å². The molecule has 3 rings (SSSR count). The average Bonchev–Trinajstić information content (AvgIpc) is 2.99. The number of carbonyl (C=O) groups excluding carboxylic acids is 1. The van der Waals surface area contributed by atoms with Gasteiger partial charge < -0.3 is 14.6 Å². The molecule has 1 atom stereocenters. The first-order chi connectivity index (χ1) is 20.3. The van der Waals surface area contributed by atoms with Crippen LogP contribution in [-0.2, 0) is 4.74 Å². The molecule has 0 aliphatic rings. The molecule has 0 saturated carbocycles. The molecule has 0 saturated heterocycles. The Labute approximate surface area is 247 Å². The Morgan fingerprint density at radius 3 is 2.10 bits per heavy atom. The van der Waals surface area contributed by atoms with Crippen molar-refractivity contribution in [3.05, 3.63) is 77.4 Å². The van der Waals surface area contributed by atoms with E-state index >= 15 is 4.39 Å². The summed E-state index contributed by atoms with van der Waals surface area (Å²) in [6.07, 6.45) is 9.91. The van der Waals surface area contributed by atoms with Crippen LogP contribution in [0.5, 0.6) is 5.75 Å². The van der Waals surface area contributed by atoms with Crippen LogP contribution in [0.1, 0.15) is 99.3 Å². The van der Waals surface area contributed by atoms with Crippen LogP contribution in [0.4, 0.5) is 8.78 Å². The molecule has 3 aromatic rings. The van der Waals surface area contributed by atoms with E-state index in [4.69, 9.17) is 9.47 Å². The standard InChI is InChI=1S/C35H42F2O5/c1-4-6-7-8-9-10-11-12-21-41-31-20-19-29(34(38)39)32(33(31)37)26-15-13-25(14-16-26)28-18-17-27(22-30(28)36)35(40)42-23-24(3)5-2/h13-20,22,24H,4-12,21,23H2,1-3H3,(H,38,39). The highest BCUT2D eigenvalue weighted by molar-refractivity contribution is 5.97. The number of unbranched alkanes of at least 4 members (excludes halogenated alkanes) is 7. The third kappa shape index (κ3) is 9.13. The van der Waals surface area contributed by atoms with Gasteiger partial charge in [-0.3, -0.25) is 0 Å². The Morgan fingerprint density at radius 2 is 1.48 bits per heavy atom. The molecule has 226 valence electrons. The Balaban J connectivity index is 1.71. The van der Waals surface area contributed by atoms with Crippen LogP contribution < -0.4 is 4.74 Å². The zero-order valence-electron chi connectivity index (χ0n) is 24.9. The summed E-state index contributed by atoms with van der Waals surface area (Å²) >= 11 is 0. The fraction of sp³-hybridized carbons (Fsp3) is 0.429. The minimum atomic E-state index is -1.26. The van der Waals surface area contributed by atoms with E-state index < -0.39 is 23.6 Å². The second kappa shape index (κ2) is 16.6. The van der Waals surface area contributed by atoms with Gasteiger partial charge in [0.05, 0.1) is 24.3 Å². The quantitative estimate of drug-likeness (QED) is 0.127. The van der Waals surface area contributed by atoms with E-state index in [-0.39, 0.29) is 40.5 Å². The molecule has 0 radical (unpaired) electrons. The van der Waals surface area contributed by atoms with Crippen molar-refractivity contribution < 1.29 is 33.0 Å². The van der Waals surface area contributed by atoms with Crippen molar-refractivity contribution in [3.63, 3.8) is 0 Å². The van der Waals surface area contributed by atoms with Crippen molar-refractivity contribution in [1.82, 2.24) is 0 Å². The molecule has 0 aliphatic carbocycles. The SMILES string of the molecule is CCCCCCCCCCOc1ccc(C(=O)O)c(-c2ccc(-c3ccc(C(=O)OCC(C)CC)cc3F)cc2)c1F. The minimum Gasteiger partial charge on any atom is -0.490 e. The lowest BCUT2D eigenvalue weighted by Gasteiger charge is -2.14. The third-order valence-corrected chi connectivity index (χ3v) is 7.48. The third-order valence-electron chi connectivity index (χ3n) is 7.48. The lowest BCUT2D eigenvalue weighted by molar-refractivity contribution is 0.0446. The van der Waals surface area contributed by atoms with E-state index in [2.05, 4.69) is 6.92 Å². The van der Waals surface area contributed by atoms with Crippen LogP contribution in [0.25, 0.3) is 22.3 Å². The Hall–Kier alpha value is -3.74. The van der Waals surface area contributed by atoms with Crippen molar-refractivity contribution in [2.45, 2.75) is 78.6 Å². The number of aromatic carboxylic acids is 1. The summed E-state index contributed by atoms with van der Waals surface area (Å²) in [6.45, 7) is 6.77. The molecule has 1 unspecified atom stereocenters. The second-order valence-electron chi connectivity index (χ2n) is 10.8. The summed E-state index contributed by atoms with van der Waals surface area (Å²) in [6, 6.07) is 13.1. The Kier molecular flexibility index (Phi) is 13.0. The molecule has 42 heavy (non-hydrogen) atoms. The predicted octanol–water partition coefficient (Wildman–Crippen LogP) is 9.72. The number of benzene rings is 3. The summed E-state index contributed by atoms with van der Waals surface area (Å²) in [4.78, 5) is 24.2. The topological polar surface area (TPSA) is 72.8 Å². The normalized spacial score (nSPS) is 11.7. The Morgan fingerprint density at radius 1 is 0.833 bits per heavy atom. The minimum absolute atomic E-state index is 0.00359. The molecule has 0 aromatic heterocycles. The molecule has 0 aliphatic heterocycles. The highest BCUT2D eigenvalue weighted by Gasteiger charge is 2.21. The molecule has 0 heterocycles. The number of ether oxygens (including phenoxy) is 2. The van der Waals surface area contributed by atoms with Crippen molar-refractivity contribution in [3.8, 4) is 28.0 Å². The molecule has 0 spiro atoms. The van der Waals surface area contributed by atoms with Crippen molar-refractivity contribution in [2.75, 3.05) is 13.2 Å². The van der Waals surface area contributed by atoms with Crippen LogP contribution in [0.15, 0.2) is 54.6 Å². The van der Waals surface area contributed by atoms with E-state index in [1.165, 1.54) is 56.4 Å². The number of hydrogen-bond donors (Lipinski definition) is 1. The average molecular weight is 581 g/mol. The van der Waals surface area contributed by atoms with Gasteiger partial charge in [-0.05, 0) is 47.7 Å². The lowest BCUT2D eigenvalue weighted by Crippen LogP contribution is -2.11. The molecular weight excluding hydrogens is 538 g/mol. The maximum absolute atomic E-state index is 15.6. The second-order valence-corrected chi connectivity index (χ2v) is 10.8. The maximum Gasteiger partial charge on any atom is 0.338 e. The lowest BCUT2D eigenvalue weighted by atomic mass is 9.95. The van der Waals surface area contributed by atoms with Crippen LogP contribution in [0.3, 0.4) is 0 Å². The summed E-state index contributed by atoms with van der Waals surface area (Å²) in [7, 11) is 0. The summed E-state index contributed by atoms with van der Waals surface area (Å²) in [5.41, 5.74) is 0.926. The monoisotopic (exact) mass is 580 g/mol. The van der Waals surface area contributed by atoms with Crippen molar-refractivity contribution in [2.24, 2.45) is 5.92 Å². The van der Waals surface area contributed by atoms with Gasteiger partial charge >= 0.3 is 11.9 Å². The smallest absolute Gasteiger partial charge is 0.338 e. The number of hydrogen-bond acceptors (Lipinski definition) is 4. The number of carbonyl (C=O) groups is 2. The molecular formula is C35H42F2O5. The first kappa shape index (κ1) is 32.8. The molecule has 0 bridgehead atoms. The Bertz CT molecular complexity index is 1320. The highest BCUT2D eigenvalue weighted by Crippen LogP contribution is 2.35. The summed E-state index contributed by atoms with van der Waals surface area (Å²) in [5.74, 6) is -2.97. The summed E-state index contributed by atoms with van der Waals surface area (Å²) in [5, 5.41) is 9.72. The van der Waals surface area contributed by atoms with Crippen LogP contribution >= 0.6 is 0 Å². The molecule has 3 aromatic carbocycles. The predicted molar refractivity (Wildman–Crippen MR) is 162 cm³/mol. The molecule has 7 heteroatoms. The molecule has 0 fully saturated rings. The van der Waals surface area contributed by atoms with Crippen LogP contribution in [0.2, 0.25) is 0 Å². The van der Waals surface area contributed by atoms with Gasteiger partial charge in [-0.2, -0.15) is 0 Å². The zero-order valence-corrected chi connectivity index (χ0v) is 24.9. The number of carboxylic acids is 1. The summed E-state index contributed by atoms with van der Waals surface area (Å²) < 4.78 is 41.5. The van der Waals surface area contributed by atoms with Gasteiger partial charge in [0.2, 0.25) is 0 Å². The number of halogens is 2. The molecule has 0 amide bonds. The zero-order chi connectivity index (χ0) is 30.5. The van der Waals surface area contributed by atoms with Gasteiger partial charge in [-0.1, -0.05) is 102 Å². The van der Waals surface area contributed by atoms with Gasteiger partial charge in [-0.25, -0.2) is 18.4 Å². The van der Waals surface area contributed by atoms with Gasteiger partial charge in [0.25, 0.3) is 0 Å². The first-order valence-corrected chi connectivity index (χ1v) is 15.0. The van der Waals surface area contributed by atoms with E-state index in [1.807, 2.05) is 13.8 Å². The highest BCUT2D eigenvalue weighted by atomic mass is 19.1. The maximum atomic E-state index is 15.6. The van der Waals surface area contributed by atoms with Gasteiger partial charge in [0.1, 0.15) is 5.82 Å². The van der Waals surface area contributed by atoms with E-state index in [0.29, 0.717) is 17.7 Å². The largest absolute Gasteiger partial charge is 0.490 e. The molecule has 5 nitrogen and oxygen atoms in total. The van der Waals surface area contributed by atoms with Crippen LogP contribution in [-0.4, -0.2) is 30.3 Å². The van der Waals surface area contributed by atoms with E-state index in [9.17, 15) is 19.1 Å². The fourth-order valence-corrected chi connectivity index (χ4v) is 4.66. The number of esters is 1. The number of carboxylic acid groups (broad SMARTS) is 1. The van der Waals surface area contributed by atoms with Gasteiger partial charge in [0.15, 0.2) is 11.6 Å². The van der Waals surface area contributed by atoms with E-state index in [1.54, 1.807) is 24.3 Å². The molecule has 1 N–H and O–H groups in total. The van der Waals surface area contributed by atoms with E-state index in [0.717, 1.165) is 31.7 Å².